The Balaban J connectivity index is 1.33. The summed E-state index contributed by atoms with van der Waals surface area (Å²) in [7, 11) is 0. The van der Waals surface area contributed by atoms with Crippen molar-refractivity contribution < 1.29 is 14.3 Å². The van der Waals surface area contributed by atoms with Crippen LogP contribution >= 0.6 is 11.8 Å². The van der Waals surface area contributed by atoms with E-state index in [0.717, 1.165) is 55.7 Å². The minimum absolute atomic E-state index is 0.0738. The molecule has 7 atom stereocenters. The van der Waals surface area contributed by atoms with E-state index in [4.69, 9.17) is 0 Å². The number of aromatic nitrogens is 2. The fraction of sp³-hybridized carbons (Fsp3) is 0.586. The van der Waals surface area contributed by atoms with Gasteiger partial charge in [-0.2, -0.15) is 5.10 Å². The third-order valence-corrected chi connectivity index (χ3v) is 10.9. The third kappa shape index (κ3) is 3.42. The first kappa shape index (κ1) is 23.5. The number of thioether (sulfide) groups is 1. The lowest BCUT2D eigenvalue weighted by Crippen LogP contribution is -2.57. The smallest absolute Gasteiger partial charge is 0.192 e. The van der Waals surface area contributed by atoms with E-state index in [2.05, 4.69) is 31.9 Å². The second kappa shape index (κ2) is 8.31. The fourth-order valence-corrected chi connectivity index (χ4v) is 9.48. The summed E-state index contributed by atoms with van der Waals surface area (Å²) in [5, 5.41) is 16.7. The number of rotatable bonds is 3. The molecule has 1 aromatic heterocycles. The summed E-state index contributed by atoms with van der Waals surface area (Å²) in [6, 6.07) is 6.49. The molecule has 1 heterocycles. The molecule has 0 radical (unpaired) electrons. The first-order valence-electron chi connectivity index (χ1n) is 13.1. The van der Waals surface area contributed by atoms with E-state index in [1.807, 2.05) is 10.9 Å². The predicted octanol–water partition coefficient (Wildman–Crippen LogP) is 6.06. The molecule has 186 valence electrons. The van der Waals surface area contributed by atoms with Crippen molar-refractivity contribution in [3.8, 4) is 5.69 Å². The number of hydrogen-bond acceptors (Lipinski definition) is 4. The fourth-order valence-electron chi connectivity index (χ4n) is 8.60. The average molecular weight is 495 g/mol. The van der Waals surface area contributed by atoms with Gasteiger partial charge in [-0.1, -0.05) is 38.1 Å². The van der Waals surface area contributed by atoms with Gasteiger partial charge in [0.05, 0.1) is 23.7 Å². The van der Waals surface area contributed by atoms with Crippen molar-refractivity contribution in [2.45, 2.75) is 65.4 Å². The zero-order valence-corrected chi connectivity index (χ0v) is 21.7. The number of fused-ring (bicyclic) bond motifs is 6. The molecule has 3 saturated carbocycles. The molecule has 0 spiro atoms. The Morgan fingerprint density at radius 3 is 2.74 bits per heavy atom. The van der Waals surface area contributed by atoms with Crippen LogP contribution in [0.3, 0.4) is 0 Å². The highest BCUT2D eigenvalue weighted by Gasteiger charge is 2.63. The molecule has 4 aliphatic rings. The number of halogens is 1. The lowest BCUT2D eigenvalue weighted by molar-refractivity contribution is -0.136. The summed E-state index contributed by atoms with van der Waals surface area (Å²) in [5.41, 5.74) is 4.35. The molecule has 0 aliphatic heterocycles. The lowest BCUT2D eigenvalue weighted by Gasteiger charge is -2.59. The van der Waals surface area contributed by atoms with E-state index in [9.17, 15) is 14.3 Å². The number of allylic oxidation sites excluding steroid dienone is 1. The van der Waals surface area contributed by atoms with Gasteiger partial charge in [0.2, 0.25) is 0 Å². The highest BCUT2D eigenvalue weighted by atomic mass is 32.2. The number of benzene rings is 1. The van der Waals surface area contributed by atoms with Crippen molar-refractivity contribution in [2.75, 3.05) is 5.75 Å². The molecule has 1 aromatic carbocycles. The standard InChI is InChI=1S/C29H35FN2O2S/c1-4-35-27(34)23-12-11-22-21-10-5-18-13-24-17(16-31-32(24)20-8-6-19(30)7-9-20)14-28(18,2)26(21)25(33)15-29(22,23)3/h6-9,13,16,21-23,25-26,33H,4-5,10-12,14-15H2,1-3H3. The molecule has 3 fully saturated rings. The highest BCUT2D eigenvalue weighted by Crippen LogP contribution is 2.67. The van der Waals surface area contributed by atoms with Crippen molar-refractivity contribution in [3.05, 3.63) is 53.1 Å². The molecule has 35 heavy (non-hydrogen) atoms. The molecule has 4 nitrogen and oxygen atoms in total. The van der Waals surface area contributed by atoms with Crippen molar-refractivity contribution in [3.63, 3.8) is 0 Å². The van der Waals surface area contributed by atoms with Gasteiger partial charge in [-0.3, -0.25) is 4.79 Å². The number of carbonyl (C=O) groups is 1. The number of carbonyl (C=O) groups excluding carboxylic acids is 1. The van der Waals surface area contributed by atoms with Crippen LogP contribution in [0.5, 0.6) is 0 Å². The topological polar surface area (TPSA) is 55.1 Å². The van der Waals surface area contributed by atoms with Gasteiger partial charge in [-0.25, -0.2) is 9.07 Å². The Labute approximate surface area is 211 Å². The zero-order valence-electron chi connectivity index (χ0n) is 20.8. The maximum atomic E-state index is 13.5. The molecule has 6 heteroatoms. The lowest BCUT2D eigenvalue weighted by atomic mass is 9.46. The molecule has 0 bridgehead atoms. The van der Waals surface area contributed by atoms with Crippen LogP contribution in [0.25, 0.3) is 11.8 Å². The highest BCUT2D eigenvalue weighted by molar-refractivity contribution is 8.13. The largest absolute Gasteiger partial charge is 0.393 e. The molecule has 0 amide bonds. The van der Waals surface area contributed by atoms with Gasteiger partial charge in [-0.05, 0) is 109 Å². The summed E-state index contributed by atoms with van der Waals surface area (Å²) in [5.74, 6) is 1.81. The summed E-state index contributed by atoms with van der Waals surface area (Å²) in [6.45, 7) is 6.70. The first-order chi connectivity index (χ1) is 16.8. The van der Waals surface area contributed by atoms with Crippen molar-refractivity contribution >= 4 is 23.0 Å². The number of hydrogen-bond donors (Lipinski definition) is 1. The van der Waals surface area contributed by atoms with Gasteiger partial charge in [0.1, 0.15) is 5.82 Å². The Morgan fingerprint density at radius 1 is 1.23 bits per heavy atom. The van der Waals surface area contributed by atoms with E-state index >= 15 is 0 Å². The van der Waals surface area contributed by atoms with E-state index in [0.29, 0.717) is 17.0 Å². The van der Waals surface area contributed by atoms with Crippen LogP contribution in [0.2, 0.25) is 0 Å². The Kier molecular flexibility index (Phi) is 5.57. The van der Waals surface area contributed by atoms with Gasteiger partial charge in [0.25, 0.3) is 0 Å². The van der Waals surface area contributed by atoms with Crippen LogP contribution in [0.4, 0.5) is 4.39 Å². The molecule has 4 aliphatic carbocycles. The van der Waals surface area contributed by atoms with Gasteiger partial charge in [0.15, 0.2) is 5.12 Å². The van der Waals surface area contributed by atoms with Gasteiger partial charge < -0.3 is 5.11 Å². The van der Waals surface area contributed by atoms with Crippen LogP contribution < -0.4 is 0 Å². The Morgan fingerprint density at radius 2 is 2.00 bits per heavy atom. The van der Waals surface area contributed by atoms with E-state index in [1.165, 1.54) is 35.0 Å². The summed E-state index contributed by atoms with van der Waals surface area (Å²) in [6.07, 6.45) is 9.61. The average Bonchev–Trinajstić information content (AvgIpc) is 3.37. The maximum Gasteiger partial charge on any atom is 0.192 e. The summed E-state index contributed by atoms with van der Waals surface area (Å²) >= 11 is 1.46. The Hall–Kier alpha value is -1.92. The van der Waals surface area contributed by atoms with Gasteiger partial charge in [0, 0.05) is 5.92 Å². The molecule has 6 rings (SSSR count). The molecule has 1 N–H and O–H groups in total. The summed E-state index contributed by atoms with van der Waals surface area (Å²) in [4.78, 5) is 13.0. The zero-order chi connectivity index (χ0) is 24.5. The second-order valence-electron chi connectivity index (χ2n) is 11.7. The summed E-state index contributed by atoms with van der Waals surface area (Å²) < 4.78 is 15.4. The van der Waals surface area contributed by atoms with Crippen LogP contribution in [0.1, 0.15) is 64.1 Å². The van der Waals surface area contributed by atoms with Crippen LogP contribution in [-0.4, -0.2) is 31.9 Å². The number of aliphatic hydroxyl groups excluding tert-OH is 1. The normalized spacial score (nSPS) is 37.6. The quantitative estimate of drug-likeness (QED) is 0.564. The van der Waals surface area contributed by atoms with E-state index in [1.54, 1.807) is 12.1 Å². The van der Waals surface area contributed by atoms with Gasteiger partial charge >= 0.3 is 0 Å². The van der Waals surface area contributed by atoms with Crippen LogP contribution in [0, 0.1) is 40.3 Å². The molecule has 0 saturated heterocycles. The Bertz CT molecular complexity index is 1190. The van der Waals surface area contributed by atoms with E-state index in [-0.39, 0.29) is 28.5 Å². The van der Waals surface area contributed by atoms with Crippen molar-refractivity contribution in [1.82, 2.24) is 9.78 Å². The van der Waals surface area contributed by atoms with E-state index < -0.39 is 6.10 Å². The van der Waals surface area contributed by atoms with Crippen molar-refractivity contribution in [1.29, 1.82) is 0 Å². The van der Waals surface area contributed by atoms with Crippen LogP contribution in [0.15, 0.2) is 36.0 Å². The minimum Gasteiger partial charge on any atom is -0.393 e. The monoisotopic (exact) mass is 494 g/mol. The third-order valence-electron chi connectivity index (χ3n) is 10.1. The van der Waals surface area contributed by atoms with Crippen LogP contribution in [-0.2, 0) is 11.2 Å². The van der Waals surface area contributed by atoms with Gasteiger partial charge in [-0.15, -0.1) is 0 Å². The molecular formula is C29H35FN2O2S. The number of nitrogens with zero attached hydrogens (tertiary/aromatic N) is 2. The molecule has 2 aromatic rings. The maximum absolute atomic E-state index is 13.5. The predicted molar refractivity (Wildman–Crippen MR) is 138 cm³/mol. The second-order valence-corrected chi connectivity index (χ2v) is 13.0. The van der Waals surface area contributed by atoms with Crippen molar-refractivity contribution in [2.24, 2.45) is 34.5 Å². The number of aliphatic hydroxyl groups is 1. The minimum atomic E-state index is -0.399. The SMILES string of the molecule is CCSC(=O)C1CCC2C3CCC4=Cc5c(cnn5-c5ccc(F)cc5)CC4(C)C3C(O)CC12C. The molecule has 7 unspecified atom stereocenters. The molecular weight excluding hydrogens is 459 g/mol. The first-order valence-corrected chi connectivity index (χ1v) is 14.1.